The highest BCUT2D eigenvalue weighted by molar-refractivity contribution is 7.15. The fraction of sp³-hybridized carbons (Fsp3) is 0.444. The Hall–Kier alpha value is -2.88. The van der Waals surface area contributed by atoms with Crippen molar-refractivity contribution in [1.82, 2.24) is 24.8 Å². The van der Waals surface area contributed by atoms with Crippen molar-refractivity contribution in [2.75, 3.05) is 5.32 Å². The fourth-order valence-corrected chi connectivity index (χ4v) is 3.97. The Labute approximate surface area is 166 Å². The average molecular weight is 401 g/mol. The highest BCUT2D eigenvalue weighted by atomic mass is 32.1. The molecular formula is C18H23N7O2S. The minimum Gasteiger partial charge on any atom is -0.365 e. The van der Waals surface area contributed by atoms with Crippen LogP contribution in [0.4, 0.5) is 5.13 Å². The first-order valence-electron chi connectivity index (χ1n) is 9.02. The predicted molar refractivity (Wildman–Crippen MR) is 106 cm³/mol. The molecule has 0 saturated heterocycles. The molecule has 0 radical (unpaired) electrons. The number of hydrogen-bond acceptors (Lipinski definition) is 7. The van der Waals surface area contributed by atoms with Crippen molar-refractivity contribution in [1.29, 1.82) is 0 Å². The zero-order chi connectivity index (χ0) is 20.4. The van der Waals surface area contributed by atoms with Gasteiger partial charge in [0.05, 0.1) is 6.20 Å². The van der Waals surface area contributed by atoms with Gasteiger partial charge in [0.2, 0.25) is 11.0 Å². The summed E-state index contributed by atoms with van der Waals surface area (Å²) in [7, 11) is 0. The first-order valence-corrected chi connectivity index (χ1v) is 9.83. The number of hydrogen-bond donors (Lipinski definition) is 2. The Morgan fingerprint density at radius 2 is 2.04 bits per heavy atom. The minimum absolute atomic E-state index is 0.135. The molecule has 0 bridgehead atoms. The lowest BCUT2D eigenvalue weighted by molar-refractivity contribution is -0.116. The molecule has 3 N–H and O–H groups in total. The molecule has 9 nitrogen and oxygen atoms in total. The molecule has 3 rings (SSSR count). The van der Waals surface area contributed by atoms with E-state index >= 15 is 0 Å². The molecule has 3 aromatic heterocycles. The Balaban J connectivity index is 1.70. The van der Waals surface area contributed by atoms with Crippen LogP contribution >= 0.6 is 11.3 Å². The number of fused-ring (bicyclic) bond motifs is 1. The van der Waals surface area contributed by atoms with Crippen LogP contribution in [0.5, 0.6) is 0 Å². The Morgan fingerprint density at radius 3 is 2.71 bits per heavy atom. The Kier molecular flexibility index (Phi) is 5.68. The molecule has 0 saturated carbocycles. The summed E-state index contributed by atoms with van der Waals surface area (Å²) in [6.45, 7) is 7.96. The summed E-state index contributed by atoms with van der Waals surface area (Å²) in [5.41, 5.74) is 8.58. The molecule has 148 valence electrons. The topological polar surface area (TPSA) is 128 Å². The summed E-state index contributed by atoms with van der Waals surface area (Å²) in [5, 5.41) is 16.6. The molecule has 0 aromatic carbocycles. The summed E-state index contributed by atoms with van der Waals surface area (Å²) in [5.74, 6) is -0.214. The number of aromatic nitrogens is 5. The molecule has 10 heteroatoms. The molecule has 0 unspecified atom stereocenters. The van der Waals surface area contributed by atoms with Crippen LogP contribution in [-0.2, 0) is 17.6 Å². The van der Waals surface area contributed by atoms with E-state index < -0.39 is 5.91 Å². The van der Waals surface area contributed by atoms with Crippen molar-refractivity contribution >= 4 is 33.9 Å². The lowest BCUT2D eigenvalue weighted by Gasteiger charge is -2.11. The highest BCUT2D eigenvalue weighted by Crippen LogP contribution is 2.20. The van der Waals surface area contributed by atoms with Gasteiger partial charge in [0.15, 0.2) is 5.65 Å². The number of nitrogens with two attached hydrogens (primary N) is 1. The lowest BCUT2D eigenvalue weighted by atomic mass is 10.1. The number of amides is 2. The van der Waals surface area contributed by atoms with Gasteiger partial charge in [0.1, 0.15) is 10.6 Å². The van der Waals surface area contributed by atoms with Gasteiger partial charge in [-0.1, -0.05) is 25.2 Å². The van der Waals surface area contributed by atoms with E-state index in [9.17, 15) is 9.59 Å². The summed E-state index contributed by atoms with van der Waals surface area (Å²) in [6.07, 6.45) is 3.03. The number of rotatable bonds is 7. The maximum atomic E-state index is 12.3. The first-order chi connectivity index (χ1) is 13.3. The van der Waals surface area contributed by atoms with E-state index in [1.54, 1.807) is 4.52 Å². The maximum absolute atomic E-state index is 12.3. The van der Waals surface area contributed by atoms with Crippen molar-refractivity contribution in [2.45, 2.75) is 47.0 Å². The molecule has 0 aliphatic carbocycles. The van der Waals surface area contributed by atoms with Crippen molar-refractivity contribution in [3.8, 4) is 0 Å². The number of anilines is 1. The number of aryl methyl sites for hydroxylation is 2. The monoisotopic (exact) mass is 401 g/mol. The van der Waals surface area contributed by atoms with Gasteiger partial charge in [-0.25, -0.2) is 9.50 Å². The van der Waals surface area contributed by atoms with Gasteiger partial charge in [-0.2, -0.15) is 5.10 Å². The molecule has 0 aliphatic rings. The van der Waals surface area contributed by atoms with E-state index in [1.807, 2.05) is 13.8 Å². The number of carbonyl (C=O) groups is 2. The van der Waals surface area contributed by atoms with Crippen molar-refractivity contribution < 1.29 is 9.59 Å². The number of nitrogens with one attached hydrogen (secondary N) is 1. The van der Waals surface area contributed by atoms with Crippen molar-refractivity contribution in [3.05, 3.63) is 33.7 Å². The van der Waals surface area contributed by atoms with Crippen LogP contribution in [0.25, 0.3) is 5.65 Å². The van der Waals surface area contributed by atoms with Crippen molar-refractivity contribution in [2.24, 2.45) is 11.7 Å². The normalized spacial score (nSPS) is 11.3. The van der Waals surface area contributed by atoms with Crippen LogP contribution in [0.2, 0.25) is 0 Å². The molecule has 0 fully saturated rings. The Bertz CT molecular complexity index is 1040. The number of primary amides is 1. The quantitative estimate of drug-likeness (QED) is 0.624. The lowest BCUT2D eigenvalue weighted by Crippen LogP contribution is -2.15. The highest BCUT2D eigenvalue weighted by Gasteiger charge is 2.17. The Morgan fingerprint density at radius 1 is 1.29 bits per heavy atom. The molecule has 3 aromatic rings. The van der Waals surface area contributed by atoms with Gasteiger partial charge >= 0.3 is 0 Å². The van der Waals surface area contributed by atoms with Crippen LogP contribution in [-0.4, -0.2) is 36.6 Å². The molecule has 2 amide bonds. The SMILES string of the molecule is Cc1nc2c(C(N)=O)cnn2c(C)c1CCC(=O)Nc1nnc(CC(C)C)s1. The number of carbonyl (C=O) groups excluding carboxylic acids is 2. The van der Waals surface area contributed by atoms with Gasteiger partial charge in [-0.05, 0) is 31.7 Å². The second kappa shape index (κ2) is 8.01. The third-order valence-electron chi connectivity index (χ3n) is 4.37. The average Bonchev–Trinajstić information content (AvgIpc) is 3.21. The van der Waals surface area contributed by atoms with E-state index in [4.69, 9.17) is 5.73 Å². The maximum Gasteiger partial charge on any atom is 0.254 e. The van der Waals surface area contributed by atoms with Gasteiger partial charge in [-0.15, -0.1) is 10.2 Å². The summed E-state index contributed by atoms with van der Waals surface area (Å²) in [4.78, 5) is 28.3. The molecular weight excluding hydrogens is 378 g/mol. The molecule has 0 spiro atoms. The summed E-state index contributed by atoms with van der Waals surface area (Å²) in [6, 6.07) is 0. The zero-order valence-corrected chi connectivity index (χ0v) is 17.1. The van der Waals surface area contributed by atoms with Gasteiger partial charge in [0.25, 0.3) is 5.91 Å². The van der Waals surface area contributed by atoms with E-state index in [2.05, 4.69) is 39.4 Å². The van der Waals surface area contributed by atoms with Gasteiger partial charge in [0, 0.05) is 24.2 Å². The largest absolute Gasteiger partial charge is 0.365 e. The third-order valence-corrected chi connectivity index (χ3v) is 5.23. The fourth-order valence-electron chi connectivity index (χ4n) is 3.00. The van der Waals surface area contributed by atoms with E-state index in [0.29, 0.717) is 23.1 Å². The van der Waals surface area contributed by atoms with Crippen LogP contribution in [0.1, 0.15) is 52.6 Å². The zero-order valence-electron chi connectivity index (χ0n) is 16.3. The smallest absolute Gasteiger partial charge is 0.254 e. The van der Waals surface area contributed by atoms with Gasteiger partial charge in [-0.3, -0.25) is 9.59 Å². The summed E-state index contributed by atoms with van der Waals surface area (Å²) >= 11 is 1.40. The van der Waals surface area contributed by atoms with Crippen molar-refractivity contribution in [3.63, 3.8) is 0 Å². The second-order valence-corrected chi connectivity index (χ2v) is 8.13. The molecule has 3 heterocycles. The second-order valence-electron chi connectivity index (χ2n) is 7.07. The van der Waals surface area contributed by atoms with Crippen LogP contribution in [0.15, 0.2) is 6.20 Å². The summed E-state index contributed by atoms with van der Waals surface area (Å²) < 4.78 is 1.59. The minimum atomic E-state index is -0.567. The van der Waals surface area contributed by atoms with E-state index in [-0.39, 0.29) is 17.9 Å². The van der Waals surface area contributed by atoms with Gasteiger partial charge < -0.3 is 11.1 Å². The first kappa shape index (κ1) is 19.9. The third kappa shape index (κ3) is 4.16. The van der Waals surface area contributed by atoms with Crippen LogP contribution in [0, 0.1) is 19.8 Å². The standard InChI is InChI=1S/C18H23N7O2S/c1-9(2)7-15-23-24-18(28-15)22-14(26)6-5-12-10(3)21-17-13(16(19)27)8-20-25(17)11(12)4/h8-9H,5-7H2,1-4H3,(H2,19,27)(H,22,24,26). The number of nitrogens with zero attached hydrogens (tertiary/aromatic N) is 5. The predicted octanol–water partition coefficient (Wildman–Crippen LogP) is 2.07. The van der Waals surface area contributed by atoms with E-state index in [1.165, 1.54) is 17.5 Å². The van der Waals surface area contributed by atoms with E-state index in [0.717, 1.165) is 28.4 Å². The van der Waals surface area contributed by atoms with Crippen LogP contribution < -0.4 is 11.1 Å². The molecule has 0 atom stereocenters. The molecule has 28 heavy (non-hydrogen) atoms. The molecule has 0 aliphatic heterocycles. The van der Waals surface area contributed by atoms with Crippen LogP contribution in [0.3, 0.4) is 0 Å².